The van der Waals surface area contributed by atoms with Crippen LogP contribution in [0.5, 0.6) is 0 Å². The molecule has 0 unspecified atom stereocenters. The lowest BCUT2D eigenvalue weighted by atomic mass is 10.1. The fourth-order valence-electron chi connectivity index (χ4n) is 3.82. The molecule has 158 valence electrons. The van der Waals surface area contributed by atoms with Gasteiger partial charge in [-0.2, -0.15) is 9.61 Å². The van der Waals surface area contributed by atoms with Gasteiger partial charge in [0, 0.05) is 42.7 Å². The molecule has 2 aliphatic carbocycles. The van der Waals surface area contributed by atoms with Crippen molar-refractivity contribution in [3.05, 3.63) is 42.0 Å². The van der Waals surface area contributed by atoms with Crippen molar-refractivity contribution in [1.29, 1.82) is 0 Å². The molecule has 31 heavy (non-hydrogen) atoms. The number of aryl methyl sites for hydroxylation is 1. The fourth-order valence-corrected chi connectivity index (χ4v) is 3.82. The first-order valence-corrected chi connectivity index (χ1v) is 10.6. The zero-order valence-electron chi connectivity index (χ0n) is 17.1. The first-order chi connectivity index (χ1) is 15.1. The molecule has 3 aromatic heterocycles. The SMILES string of the molecule is Cn1cnc2c(NC3CC3)nc3cc(-c4ccc(F)c(CNC(=O)C5CC5)c4)nn3c21. The quantitative estimate of drug-likeness (QED) is 0.502. The summed E-state index contributed by atoms with van der Waals surface area (Å²) in [7, 11) is 1.93. The second-order valence-corrected chi connectivity index (χ2v) is 8.50. The minimum Gasteiger partial charge on any atom is -0.365 e. The lowest BCUT2D eigenvalue weighted by molar-refractivity contribution is -0.122. The Kier molecular flexibility index (Phi) is 3.99. The highest BCUT2D eigenvalue weighted by Gasteiger charge is 2.29. The van der Waals surface area contributed by atoms with E-state index >= 15 is 0 Å². The maximum atomic E-state index is 14.3. The highest BCUT2D eigenvalue weighted by molar-refractivity contribution is 5.87. The first-order valence-electron chi connectivity index (χ1n) is 10.6. The van der Waals surface area contributed by atoms with Crippen LogP contribution in [0.2, 0.25) is 0 Å². The van der Waals surface area contributed by atoms with E-state index in [9.17, 15) is 9.18 Å². The van der Waals surface area contributed by atoms with Crippen LogP contribution in [0.25, 0.3) is 28.1 Å². The van der Waals surface area contributed by atoms with Gasteiger partial charge in [-0.25, -0.2) is 14.4 Å². The van der Waals surface area contributed by atoms with Crippen molar-refractivity contribution in [2.45, 2.75) is 38.3 Å². The second-order valence-electron chi connectivity index (χ2n) is 8.50. The number of halogens is 1. The Balaban J connectivity index is 1.38. The Morgan fingerprint density at radius 3 is 2.84 bits per heavy atom. The number of benzene rings is 1. The van der Waals surface area contributed by atoms with Crippen molar-refractivity contribution < 1.29 is 9.18 Å². The van der Waals surface area contributed by atoms with Crippen LogP contribution in [0.3, 0.4) is 0 Å². The van der Waals surface area contributed by atoms with Gasteiger partial charge in [-0.1, -0.05) is 0 Å². The molecule has 0 aliphatic heterocycles. The van der Waals surface area contributed by atoms with E-state index in [1.807, 2.05) is 17.7 Å². The molecule has 2 N–H and O–H groups in total. The van der Waals surface area contributed by atoms with E-state index in [-0.39, 0.29) is 24.2 Å². The predicted octanol–water partition coefficient (Wildman–Crippen LogP) is 3.02. The molecule has 6 rings (SSSR count). The van der Waals surface area contributed by atoms with Gasteiger partial charge in [0.25, 0.3) is 0 Å². The van der Waals surface area contributed by atoms with Gasteiger partial charge in [0.1, 0.15) is 5.82 Å². The van der Waals surface area contributed by atoms with Crippen molar-refractivity contribution in [1.82, 2.24) is 29.5 Å². The molecule has 2 fully saturated rings. The molecule has 0 spiro atoms. The van der Waals surface area contributed by atoms with E-state index < -0.39 is 0 Å². The zero-order valence-corrected chi connectivity index (χ0v) is 17.1. The summed E-state index contributed by atoms with van der Waals surface area (Å²) in [6.45, 7) is 0.169. The van der Waals surface area contributed by atoms with Gasteiger partial charge in [-0.05, 0) is 43.9 Å². The van der Waals surface area contributed by atoms with Gasteiger partial charge in [0.2, 0.25) is 5.91 Å². The molecule has 0 bridgehead atoms. The number of hydrogen-bond acceptors (Lipinski definition) is 5. The van der Waals surface area contributed by atoms with Gasteiger partial charge in [0.15, 0.2) is 22.6 Å². The molecule has 0 atom stereocenters. The van der Waals surface area contributed by atoms with Crippen LogP contribution in [-0.2, 0) is 18.4 Å². The van der Waals surface area contributed by atoms with E-state index in [0.717, 1.165) is 48.2 Å². The minimum atomic E-state index is -0.341. The summed E-state index contributed by atoms with van der Waals surface area (Å²) < 4.78 is 18.0. The third-order valence-corrected chi connectivity index (χ3v) is 5.91. The summed E-state index contributed by atoms with van der Waals surface area (Å²) in [6, 6.07) is 7.21. The van der Waals surface area contributed by atoms with Crippen LogP contribution in [0.1, 0.15) is 31.2 Å². The Hall–Kier alpha value is -3.49. The molecule has 2 saturated carbocycles. The molecule has 2 aliphatic rings. The number of rotatable bonds is 6. The number of fused-ring (bicyclic) bond motifs is 3. The molecule has 1 aromatic carbocycles. The Morgan fingerprint density at radius 2 is 2.06 bits per heavy atom. The highest BCUT2D eigenvalue weighted by atomic mass is 19.1. The van der Waals surface area contributed by atoms with E-state index in [2.05, 4.69) is 15.6 Å². The van der Waals surface area contributed by atoms with Crippen molar-refractivity contribution >= 4 is 28.5 Å². The minimum absolute atomic E-state index is 0.00368. The summed E-state index contributed by atoms with van der Waals surface area (Å²) in [5, 5.41) is 11.0. The van der Waals surface area contributed by atoms with E-state index in [1.165, 1.54) is 6.07 Å². The molecular weight excluding hydrogens is 397 g/mol. The number of nitrogens with zero attached hydrogens (tertiary/aromatic N) is 5. The largest absolute Gasteiger partial charge is 0.365 e. The third kappa shape index (κ3) is 3.30. The Bertz CT molecular complexity index is 1330. The van der Waals surface area contributed by atoms with Crippen molar-refractivity contribution in [3.63, 3.8) is 0 Å². The number of carbonyl (C=O) groups is 1. The first kappa shape index (κ1) is 18.3. The van der Waals surface area contributed by atoms with Crippen molar-refractivity contribution in [3.8, 4) is 11.3 Å². The topological polar surface area (TPSA) is 89.1 Å². The van der Waals surface area contributed by atoms with Crippen LogP contribution in [0.15, 0.2) is 30.6 Å². The predicted molar refractivity (Wildman–Crippen MR) is 114 cm³/mol. The second kappa shape index (κ2) is 6.76. The van der Waals surface area contributed by atoms with Crippen LogP contribution in [0.4, 0.5) is 10.2 Å². The standard InChI is InChI=1S/C22H22FN7O/c1-29-11-25-19-20(26-15-5-6-15)27-18-9-17(28-30(18)22(19)29)13-4-7-16(23)14(8-13)10-24-21(31)12-2-3-12/h4,7-9,11-12,15H,2-3,5-6,10H2,1H3,(H,24,31)(H,26,27). The van der Waals surface area contributed by atoms with Gasteiger partial charge >= 0.3 is 0 Å². The number of amides is 1. The third-order valence-electron chi connectivity index (χ3n) is 5.91. The highest BCUT2D eigenvalue weighted by Crippen LogP contribution is 2.31. The molecule has 8 nitrogen and oxygen atoms in total. The van der Waals surface area contributed by atoms with Crippen molar-refractivity contribution in [2.24, 2.45) is 13.0 Å². The maximum absolute atomic E-state index is 14.3. The van der Waals surface area contributed by atoms with Crippen LogP contribution < -0.4 is 10.6 Å². The van der Waals surface area contributed by atoms with Crippen LogP contribution in [0, 0.1) is 11.7 Å². The fraction of sp³-hybridized carbons (Fsp3) is 0.364. The molecule has 3 heterocycles. The molecule has 0 radical (unpaired) electrons. The van der Waals surface area contributed by atoms with Gasteiger partial charge in [0.05, 0.1) is 12.0 Å². The monoisotopic (exact) mass is 419 g/mol. The number of nitrogens with one attached hydrogen (secondary N) is 2. The molecule has 9 heteroatoms. The zero-order chi connectivity index (χ0) is 21.1. The van der Waals surface area contributed by atoms with E-state index in [4.69, 9.17) is 10.1 Å². The lowest BCUT2D eigenvalue weighted by Gasteiger charge is -2.07. The number of hydrogen-bond donors (Lipinski definition) is 2. The van der Waals surface area contributed by atoms with E-state index in [0.29, 0.717) is 22.9 Å². The van der Waals surface area contributed by atoms with Crippen molar-refractivity contribution in [2.75, 3.05) is 5.32 Å². The molecule has 0 saturated heterocycles. The average Bonchev–Trinajstić information content (AvgIpc) is 3.68. The van der Waals surface area contributed by atoms with Gasteiger partial charge < -0.3 is 15.2 Å². The summed E-state index contributed by atoms with van der Waals surface area (Å²) >= 11 is 0. The summed E-state index contributed by atoms with van der Waals surface area (Å²) in [4.78, 5) is 21.2. The van der Waals surface area contributed by atoms with E-state index in [1.54, 1.807) is 23.0 Å². The normalized spacial score (nSPS) is 16.2. The van der Waals surface area contributed by atoms with Gasteiger partial charge in [-0.15, -0.1) is 0 Å². The number of imidazole rings is 1. The average molecular weight is 419 g/mol. The summed E-state index contributed by atoms with van der Waals surface area (Å²) in [5.41, 5.74) is 4.22. The summed E-state index contributed by atoms with van der Waals surface area (Å²) in [5.74, 6) is 0.512. The lowest BCUT2D eigenvalue weighted by Crippen LogP contribution is -2.24. The molecule has 1 amide bonds. The van der Waals surface area contributed by atoms with Gasteiger partial charge in [-0.3, -0.25) is 4.79 Å². The number of carbonyl (C=O) groups excluding carboxylic acids is 1. The maximum Gasteiger partial charge on any atom is 0.223 e. The molecular formula is C22H22FN7O. The van der Waals surface area contributed by atoms with Crippen LogP contribution in [-0.4, -0.2) is 36.1 Å². The summed E-state index contributed by atoms with van der Waals surface area (Å²) in [6.07, 6.45) is 5.87. The Labute approximate surface area is 177 Å². The smallest absolute Gasteiger partial charge is 0.223 e. The number of anilines is 1. The number of aromatic nitrogens is 5. The molecule has 4 aromatic rings. The Morgan fingerprint density at radius 1 is 1.23 bits per heavy atom. The van der Waals surface area contributed by atoms with Crippen LogP contribution >= 0.6 is 0 Å².